The predicted molar refractivity (Wildman–Crippen MR) is 158 cm³/mol. The van der Waals surface area contributed by atoms with Crippen LogP contribution in [0.3, 0.4) is 0 Å². The van der Waals surface area contributed by atoms with Gasteiger partial charge in [0.05, 0.1) is 29.8 Å². The molecule has 0 heterocycles. The van der Waals surface area contributed by atoms with Crippen LogP contribution in [-0.4, -0.2) is 58.4 Å². The largest absolute Gasteiger partial charge is 0.456 e. The Bertz CT molecular complexity index is 1050. The van der Waals surface area contributed by atoms with Crippen molar-refractivity contribution in [3.05, 3.63) is 0 Å². The van der Waals surface area contributed by atoms with Crippen molar-refractivity contribution in [2.45, 2.75) is 149 Å². The minimum Gasteiger partial charge on any atom is -0.456 e. The number of hydrogen-bond donors (Lipinski definition) is 3. The molecule has 6 heteroatoms. The van der Waals surface area contributed by atoms with E-state index in [2.05, 4.69) is 34.6 Å². The average molecular weight is 575 g/mol. The molecule has 0 aromatic rings. The van der Waals surface area contributed by atoms with Gasteiger partial charge in [-0.15, -0.1) is 0 Å². The normalized spacial score (nSPS) is 48.6. The fourth-order valence-electron chi connectivity index (χ4n) is 12.4. The summed E-state index contributed by atoms with van der Waals surface area (Å²) in [5.41, 5.74) is -0.715. The number of carbonyl (C=O) groups excluding carboxylic acids is 1. The number of ether oxygens (including phenoxy) is 2. The van der Waals surface area contributed by atoms with E-state index in [1.807, 2.05) is 0 Å². The lowest BCUT2D eigenvalue weighted by molar-refractivity contribution is -0.187. The first kappa shape index (κ1) is 30.3. The fourth-order valence-corrected chi connectivity index (χ4v) is 12.4. The molecule has 2 spiro atoms. The Morgan fingerprint density at radius 2 is 1.56 bits per heavy atom. The maximum Gasteiger partial charge on any atom is 0.309 e. The molecule has 6 nitrogen and oxygen atoms in total. The molecular weight excluding hydrogens is 516 g/mol. The first-order valence-electron chi connectivity index (χ1n) is 16.8. The van der Waals surface area contributed by atoms with Gasteiger partial charge in [0.15, 0.2) is 6.10 Å². The number of methoxy groups -OCH3 is 1. The van der Waals surface area contributed by atoms with Gasteiger partial charge in [0.25, 0.3) is 0 Å². The molecule has 12 atom stereocenters. The molecule has 6 saturated carbocycles. The van der Waals surface area contributed by atoms with Crippen molar-refractivity contribution in [2.75, 3.05) is 7.11 Å². The molecule has 7 unspecified atom stereocenters. The molecule has 6 aliphatic carbocycles. The van der Waals surface area contributed by atoms with Gasteiger partial charge in [-0.25, -0.2) is 0 Å². The van der Waals surface area contributed by atoms with Crippen LogP contribution < -0.4 is 0 Å². The van der Waals surface area contributed by atoms with Gasteiger partial charge < -0.3 is 24.8 Å². The Morgan fingerprint density at radius 1 is 0.927 bits per heavy atom. The van der Waals surface area contributed by atoms with Crippen molar-refractivity contribution in [1.82, 2.24) is 0 Å². The third-order valence-electron chi connectivity index (χ3n) is 15.0. The number of carbonyl (C=O) groups is 1. The lowest BCUT2D eigenvalue weighted by Crippen LogP contribution is -2.59. The van der Waals surface area contributed by atoms with E-state index in [4.69, 9.17) is 9.47 Å². The van der Waals surface area contributed by atoms with Crippen LogP contribution in [-0.2, 0) is 14.3 Å². The second-order valence-corrected chi connectivity index (χ2v) is 17.4. The van der Waals surface area contributed by atoms with Crippen molar-refractivity contribution in [2.24, 2.45) is 56.7 Å². The highest BCUT2D eigenvalue weighted by Gasteiger charge is 2.83. The minimum absolute atomic E-state index is 0.00920. The van der Waals surface area contributed by atoms with Crippen molar-refractivity contribution >= 4 is 5.97 Å². The summed E-state index contributed by atoms with van der Waals surface area (Å²) in [6.45, 7) is 15.2. The molecule has 6 fully saturated rings. The third kappa shape index (κ3) is 4.05. The summed E-state index contributed by atoms with van der Waals surface area (Å²) in [7, 11) is 1.66. The zero-order valence-corrected chi connectivity index (χ0v) is 27.0. The van der Waals surface area contributed by atoms with Gasteiger partial charge in [0, 0.05) is 12.5 Å². The second kappa shape index (κ2) is 9.41. The molecule has 0 aromatic heterocycles. The smallest absolute Gasteiger partial charge is 0.309 e. The Morgan fingerprint density at radius 3 is 2.17 bits per heavy atom. The summed E-state index contributed by atoms with van der Waals surface area (Å²) in [5, 5.41) is 34.0. The van der Waals surface area contributed by atoms with Crippen LogP contribution in [0.1, 0.15) is 119 Å². The van der Waals surface area contributed by atoms with E-state index in [9.17, 15) is 20.1 Å². The highest BCUT2D eigenvalue weighted by Crippen LogP contribution is 2.89. The summed E-state index contributed by atoms with van der Waals surface area (Å²) >= 11 is 0. The van der Waals surface area contributed by atoms with Crippen LogP contribution in [0.25, 0.3) is 0 Å². The van der Waals surface area contributed by atoms with Gasteiger partial charge in [-0.2, -0.15) is 0 Å². The lowest BCUT2D eigenvalue weighted by atomic mass is 9.41. The van der Waals surface area contributed by atoms with E-state index in [-0.39, 0.29) is 46.3 Å². The van der Waals surface area contributed by atoms with Crippen molar-refractivity contribution < 1.29 is 29.6 Å². The van der Waals surface area contributed by atoms with Gasteiger partial charge in [-0.05, 0) is 130 Å². The topological polar surface area (TPSA) is 96.2 Å². The van der Waals surface area contributed by atoms with Gasteiger partial charge in [0.1, 0.15) is 0 Å². The Kier molecular flexibility index (Phi) is 6.96. The van der Waals surface area contributed by atoms with E-state index < -0.39 is 17.8 Å². The van der Waals surface area contributed by atoms with Crippen LogP contribution in [0.4, 0.5) is 0 Å². The number of rotatable bonds is 8. The molecule has 0 aliphatic heterocycles. The van der Waals surface area contributed by atoms with Gasteiger partial charge in [0.2, 0.25) is 0 Å². The van der Waals surface area contributed by atoms with E-state index >= 15 is 0 Å². The molecule has 0 saturated heterocycles. The van der Waals surface area contributed by atoms with Crippen LogP contribution >= 0.6 is 0 Å². The van der Waals surface area contributed by atoms with E-state index in [0.29, 0.717) is 35.0 Å². The Hall–Kier alpha value is -0.690. The number of aliphatic hydroxyl groups is 3. The van der Waals surface area contributed by atoms with E-state index in [0.717, 1.165) is 44.9 Å². The number of aliphatic hydroxyl groups excluding tert-OH is 2. The van der Waals surface area contributed by atoms with Crippen LogP contribution in [0.15, 0.2) is 0 Å². The number of fused-ring (bicyclic) bond motifs is 2. The maximum atomic E-state index is 12.6. The molecule has 3 N–H and O–H groups in total. The first-order chi connectivity index (χ1) is 19.0. The Labute approximate surface area is 248 Å². The van der Waals surface area contributed by atoms with Crippen LogP contribution in [0, 0.1) is 56.7 Å². The average Bonchev–Trinajstić information content (AvgIpc) is 3.81. The third-order valence-corrected chi connectivity index (χ3v) is 15.0. The molecule has 0 aromatic carbocycles. The molecule has 0 amide bonds. The van der Waals surface area contributed by atoms with E-state index in [1.165, 1.54) is 19.3 Å². The zero-order valence-electron chi connectivity index (χ0n) is 27.0. The van der Waals surface area contributed by atoms with Crippen LogP contribution in [0.5, 0.6) is 0 Å². The van der Waals surface area contributed by atoms with E-state index in [1.54, 1.807) is 21.0 Å². The van der Waals surface area contributed by atoms with Crippen molar-refractivity contribution in [3.8, 4) is 0 Å². The quantitative estimate of drug-likeness (QED) is 0.313. The highest BCUT2D eigenvalue weighted by molar-refractivity contribution is 5.75. The van der Waals surface area contributed by atoms with Gasteiger partial charge in [-0.1, -0.05) is 34.6 Å². The molecule has 0 bridgehead atoms. The number of esters is 1. The summed E-state index contributed by atoms with van der Waals surface area (Å²) in [6, 6.07) is 0. The summed E-state index contributed by atoms with van der Waals surface area (Å²) in [4.78, 5) is 12.6. The maximum absolute atomic E-state index is 12.6. The minimum atomic E-state index is -1.21. The molecule has 41 heavy (non-hydrogen) atoms. The Balaban J connectivity index is 1.24. The molecule has 6 rings (SSSR count). The van der Waals surface area contributed by atoms with Crippen molar-refractivity contribution in [1.29, 1.82) is 0 Å². The van der Waals surface area contributed by atoms with Gasteiger partial charge >= 0.3 is 5.97 Å². The zero-order chi connectivity index (χ0) is 30.0. The van der Waals surface area contributed by atoms with Gasteiger partial charge in [-0.3, -0.25) is 4.79 Å². The molecule has 6 aliphatic rings. The second-order valence-electron chi connectivity index (χ2n) is 17.4. The molecule has 0 radical (unpaired) electrons. The SMILES string of the molecule is COC(C[C@@H](C)[C@H]1C[C@H](O)[C@@]2(C)C3CC[C@H]4C(C)(C)C(O)CCC45CC35CCC12C)C(OC(=O)C1CC1)C(C)(C)O. The lowest BCUT2D eigenvalue weighted by Gasteiger charge is -2.63. The predicted octanol–water partition coefficient (Wildman–Crippen LogP) is 5.89. The molecule has 234 valence electrons. The standard InChI is InChI=1S/C35H58O6/c1-20(17-23(40-8)28(31(4,5)39)41-29(38)21-9-10-21)22-18-27(37)33(7)25-12-11-24-30(2,3)26(36)13-14-34(24)19-35(25,34)16-15-32(22,33)6/h20-28,36-37,39H,9-19H2,1-8H3/t20-,22-,23?,24+,25?,26?,27+,28?,32?,33-,34?,35?/m1/s1. The fraction of sp³-hybridized carbons (Fsp3) is 0.971. The monoisotopic (exact) mass is 574 g/mol. The summed E-state index contributed by atoms with van der Waals surface area (Å²) < 4.78 is 11.9. The summed E-state index contributed by atoms with van der Waals surface area (Å²) in [5.74, 6) is 1.42. The number of hydrogen-bond acceptors (Lipinski definition) is 6. The van der Waals surface area contributed by atoms with Crippen molar-refractivity contribution in [3.63, 3.8) is 0 Å². The van der Waals surface area contributed by atoms with Crippen LogP contribution in [0.2, 0.25) is 0 Å². The molecular formula is C35H58O6. The highest BCUT2D eigenvalue weighted by atomic mass is 16.6. The summed E-state index contributed by atoms with van der Waals surface area (Å²) in [6.07, 6.45) is 9.58. The first-order valence-corrected chi connectivity index (χ1v) is 16.8.